The van der Waals surface area contributed by atoms with E-state index in [4.69, 9.17) is 10.5 Å². The molecule has 5 nitrogen and oxygen atoms in total. The number of carbonyl (C=O) groups is 2. The number of nitrogens with two attached hydrogens (primary N) is 1. The van der Waals surface area contributed by atoms with Gasteiger partial charge in [-0.25, -0.2) is 9.18 Å². The fourth-order valence-corrected chi connectivity index (χ4v) is 3.12. The quantitative estimate of drug-likeness (QED) is 0.575. The van der Waals surface area contributed by atoms with E-state index in [1.165, 1.54) is 24.3 Å². The first kappa shape index (κ1) is 24.5. The lowest BCUT2D eigenvalue weighted by atomic mass is 9.87. The SMILES string of the molecule is CC(C)OC(=O)c1ccc(C(CCC(C)(C)C)NC(=O)C(N)c2ccc(F)cc2)cc1. The molecule has 2 aromatic rings. The van der Waals surface area contributed by atoms with Crippen LogP contribution in [0.15, 0.2) is 48.5 Å². The molecule has 0 aliphatic rings. The molecule has 0 radical (unpaired) electrons. The normalized spacial score (nSPS) is 13.5. The molecule has 0 fully saturated rings. The maximum atomic E-state index is 13.2. The van der Waals surface area contributed by atoms with Crippen LogP contribution in [0.1, 0.15) is 81.0 Å². The minimum Gasteiger partial charge on any atom is -0.459 e. The number of hydrogen-bond acceptors (Lipinski definition) is 4. The molecule has 168 valence electrons. The highest BCUT2D eigenvalue weighted by Crippen LogP contribution is 2.28. The van der Waals surface area contributed by atoms with E-state index in [0.717, 1.165) is 12.0 Å². The number of carbonyl (C=O) groups excluding carboxylic acids is 2. The Morgan fingerprint density at radius 2 is 1.55 bits per heavy atom. The van der Waals surface area contributed by atoms with Gasteiger partial charge in [0.2, 0.25) is 5.91 Å². The predicted octanol–water partition coefficient (Wildman–Crippen LogP) is 5.07. The zero-order valence-corrected chi connectivity index (χ0v) is 18.9. The molecule has 0 bridgehead atoms. The van der Waals surface area contributed by atoms with Gasteiger partial charge in [-0.1, -0.05) is 45.0 Å². The molecule has 0 aromatic heterocycles. The molecule has 0 saturated heterocycles. The van der Waals surface area contributed by atoms with Gasteiger partial charge in [-0.3, -0.25) is 4.79 Å². The highest BCUT2D eigenvalue weighted by atomic mass is 19.1. The Labute approximate surface area is 184 Å². The minimum atomic E-state index is -0.905. The van der Waals surface area contributed by atoms with Crippen molar-refractivity contribution in [2.45, 2.75) is 65.6 Å². The summed E-state index contributed by atoms with van der Waals surface area (Å²) in [6.07, 6.45) is 1.39. The number of hydrogen-bond donors (Lipinski definition) is 2. The summed E-state index contributed by atoms with van der Waals surface area (Å²) in [5.74, 6) is -1.10. The average molecular weight is 429 g/mol. The summed E-state index contributed by atoms with van der Waals surface area (Å²) in [5, 5.41) is 3.03. The number of rotatable bonds is 8. The van der Waals surface area contributed by atoms with Crippen LogP contribution in [-0.4, -0.2) is 18.0 Å². The molecule has 6 heteroatoms. The summed E-state index contributed by atoms with van der Waals surface area (Å²) in [6.45, 7) is 10.0. The van der Waals surface area contributed by atoms with Crippen LogP contribution in [0.25, 0.3) is 0 Å². The Bertz CT molecular complexity index is 871. The van der Waals surface area contributed by atoms with Gasteiger partial charge in [0, 0.05) is 0 Å². The highest BCUT2D eigenvalue weighted by molar-refractivity contribution is 5.89. The number of esters is 1. The zero-order valence-electron chi connectivity index (χ0n) is 18.9. The van der Waals surface area contributed by atoms with Gasteiger partial charge in [-0.2, -0.15) is 0 Å². The standard InChI is InChI=1S/C25H33FN2O3/c1-16(2)31-24(30)19-8-6-17(7-9-19)21(14-15-25(3,4)5)28-23(29)22(27)18-10-12-20(26)13-11-18/h6-13,16,21-22H,14-15,27H2,1-5H3,(H,28,29). The molecule has 2 aromatic carbocycles. The minimum absolute atomic E-state index is 0.0864. The Balaban J connectivity index is 2.19. The largest absolute Gasteiger partial charge is 0.459 e. The van der Waals surface area contributed by atoms with E-state index in [-0.39, 0.29) is 35.3 Å². The summed E-state index contributed by atoms with van der Waals surface area (Å²) in [7, 11) is 0. The fraction of sp³-hybridized carbons (Fsp3) is 0.440. The summed E-state index contributed by atoms with van der Waals surface area (Å²) in [4.78, 5) is 24.9. The topological polar surface area (TPSA) is 81.4 Å². The van der Waals surface area contributed by atoms with E-state index in [0.29, 0.717) is 17.5 Å². The lowest BCUT2D eigenvalue weighted by molar-refractivity contribution is -0.123. The van der Waals surface area contributed by atoms with Gasteiger partial charge in [0.1, 0.15) is 11.9 Å². The number of ether oxygens (including phenoxy) is 1. The van der Waals surface area contributed by atoms with Crippen LogP contribution >= 0.6 is 0 Å². The molecular formula is C25H33FN2O3. The van der Waals surface area contributed by atoms with Crippen molar-refractivity contribution in [3.8, 4) is 0 Å². The number of nitrogens with one attached hydrogen (secondary N) is 1. The van der Waals surface area contributed by atoms with Gasteiger partial charge in [-0.05, 0) is 67.5 Å². The number of amides is 1. The Morgan fingerprint density at radius 1 is 1.00 bits per heavy atom. The van der Waals surface area contributed by atoms with E-state index < -0.39 is 6.04 Å². The third-order valence-corrected chi connectivity index (χ3v) is 4.90. The summed E-state index contributed by atoms with van der Waals surface area (Å²) < 4.78 is 18.4. The molecule has 0 aliphatic heterocycles. The van der Waals surface area contributed by atoms with Gasteiger partial charge in [0.05, 0.1) is 17.7 Å². The van der Waals surface area contributed by atoms with Gasteiger partial charge in [0.25, 0.3) is 0 Å². The van der Waals surface area contributed by atoms with Crippen LogP contribution in [0.5, 0.6) is 0 Å². The zero-order chi connectivity index (χ0) is 23.2. The van der Waals surface area contributed by atoms with Crippen molar-refractivity contribution in [3.05, 3.63) is 71.0 Å². The molecule has 0 aliphatic carbocycles. The second-order valence-corrected chi connectivity index (χ2v) is 9.27. The van der Waals surface area contributed by atoms with Crippen molar-refractivity contribution in [3.63, 3.8) is 0 Å². The van der Waals surface area contributed by atoms with Crippen molar-refractivity contribution in [2.75, 3.05) is 0 Å². The third-order valence-electron chi connectivity index (χ3n) is 4.90. The molecule has 2 rings (SSSR count). The van der Waals surface area contributed by atoms with Crippen LogP contribution in [-0.2, 0) is 9.53 Å². The first-order valence-electron chi connectivity index (χ1n) is 10.6. The van der Waals surface area contributed by atoms with Crippen LogP contribution < -0.4 is 11.1 Å². The molecule has 31 heavy (non-hydrogen) atoms. The monoisotopic (exact) mass is 428 g/mol. The van der Waals surface area contributed by atoms with E-state index in [1.54, 1.807) is 26.0 Å². The average Bonchev–Trinajstić information content (AvgIpc) is 2.70. The maximum Gasteiger partial charge on any atom is 0.338 e. The van der Waals surface area contributed by atoms with Crippen LogP contribution in [0.2, 0.25) is 0 Å². The molecule has 2 atom stereocenters. The predicted molar refractivity (Wildman–Crippen MR) is 120 cm³/mol. The van der Waals surface area contributed by atoms with Crippen molar-refractivity contribution >= 4 is 11.9 Å². The molecule has 1 amide bonds. The van der Waals surface area contributed by atoms with E-state index >= 15 is 0 Å². The van der Waals surface area contributed by atoms with Crippen molar-refractivity contribution in [2.24, 2.45) is 11.1 Å². The van der Waals surface area contributed by atoms with E-state index in [9.17, 15) is 14.0 Å². The molecule has 2 unspecified atom stereocenters. The number of benzene rings is 2. The summed E-state index contributed by atoms with van der Waals surface area (Å²) in [6, 6.07) is 11.5. The maximum absolute atomic E-state index is 13.2. The molecule has 0 heterocycles. The number of halogens is 1. The molecule has 0 saturated carbocycles. The summed E-state index contributed by atoms with van der Waals surface area (Å²) >= 11 is 0. The Kier molecular flexibility index (Phi) is 8.34. The second-order valence-electron chi connectivity index (χ2n) is 9.27. The van der Waals surface area contributed by atoms with Gasteiger partial charge >= 0.3 is 5.97 Å². The fourth-order valence-electron chi connectivity index (χ4n) is 3.12. The van der Waals surface area contributed by atoms with Crippen LogP contribution in [0.3, 0.4) is 0 Å². The van der Waals surface area contributed by atoms with Crippen molar-refractivity contribution in [1.29, 1.82) is 0 Å². The van der Waals surface area contributed by atoms with Gasteiger partial charge in [-0.15, -0.1) is 0 Å². The van der Waals surface area contributed by atoms with Crippen LogP contribution in [0.4, 0.5) is 4.39 Å². The van der Waals surface area contributed by atoms with Crippen molar-refractivity contribution in [1.82, 2.24) is 5.32 Å². The van der Waals surface area contributed by atoms with Gasteiger partial charge < -0.3 is 15.8 Å². The highest BCUT2D eigenvalue weighted by Gasteiger charge is 2.23. The van der Waals surface area contributed by atoms with Crippen LogP contribution in [0, 0.1) is 11.2 Å². The third kappa shape index (κ3) is 7.79. The molecular weight excluding hydrogens is 395 g/mol. The summed E-state index contributed by atoms with van der Waals surface area (Å²) in [5.41, 5.74) is 8.08. The molecule has 3 N–H and O–H groups in total. The van der Waals surface area contributed by atoms with Crippen molar-refractivity contribution < 1.29 is 18.7 Å². The Morgan fingerprint density at radius 3 is 2.06 bits per heavy atom. The first-order chi connectivity index (χ1) is 14.5. The van der Waals surface area contributed by atoms with E-state index in [1.807, 2.05) is 12.1 Å². The Hall–Kier alpha value is -2.73. The second kappa shape index (κ2) is 10.5. The van der Waals surface area contributed by atoms with E-state index in [2.05, 4.69) is 26.1 Å². The molecule has 0 spiro atoms. The smallest absolute Gasteiger partial charge is 0.338 e. The lowest BCUT2D eigenvalue weighted by Gasteiger charge is -2.26. The first-order valence-corrected chi connectivity index (χ1v) is 10.6. The van der Waals surface area contributed by atoms with Gasteiger partial charge in [0.15, 0.2) is 0 Å². The lowest BCUT2D eigenvalue weighted by Crippen LogP contribution is -2.37.